The minimum atomic E-state index is -0.288. The van der Waals surface area contributed by atoms with Gasteiger partial charge >= 0.3 is 0 Å². The van der Waals surface area contributed by atoms with Crippen LogP contribution in [-0.2, 0) is 5.88 Å². The molecule has 0 aromatic heterocycles. The van der Waals surface area contributed by atoms with Gasteiger partial charge in [0.15, 0.2) is 0 Å². The van der Waals surface area contributed by atoms with E-state index in [1.165, 1.54) is 6.07 Å². The Balaban J connectivity index is 3.29. The predicted octanol–water partition coefficient (Wildman–Crippen LogP) is 4.09. The van der Waals surface area contributed by atoms with Gasteiger partial charge in [-0.05, 0) is 33.6 Å². The smallest absolute Gasteiger partial charge is 0.137 e. The first-order chi connectivity index (χ1) is 5.16. The Morgan fingerprint density at radius 3 is 2.45 bits per heavy atom. The highest BCUT2D eigenvalue weighted by molar-refractivity contribution is 9.11. The zero-order chi connectivity index (χ0) is 8.43. The average molecular weight is 302 g/mol. The van der Waals surface area contributed by atoms with Gasteiger partial charge in [0.2, 0.25) is 0 Å². The third kappa shape index (κ3) is 1.95. The molecule has 1 aromatic rings. The number of alkyl halides is 1. The minimum absolute atomic E-state index is 0.288. The van der Waals surface area contributed by atoms with Crippen molar-refractivity contribution < 1.29 is 4.39 Å². The van der Waals surface area contributed by atoms with E-state index in [0.29, 0.717) is 10.4 Å². The number of hydrogen-bond acceptors (Lipinski definition) is 0. The molecule has 1 aromatic carbocycles. The standard InChI is InChI=1S/C7H4Br2ClF/c8-5-1-2-6(11)7(9)4(5)3-10/h1-2H,3H2. The van der Waals surface area contributed by atoms with Crippen LogP contribution in [0.15, 0.2) is 21.1 Å². The number of halogens is 4. The summed E-state index contributed by atoms with van der Waals surface area (Å²) in [6.45, 7) is 0. The van der Waals surface area contributed by atoms with Gasteiger partial charge in [-0.1, -0.05) is 15.9 Å². The largest absolute Gasteiger partial charge is 0.206 e. The van der Waals surface area contributed by atoms with E-state index in [4.69, 9.17) is 11.6 Å². The van der Waals surface area contributed by atoms with Gasteiger partial charge in [-0.2, -0.15) is 0 Å². The molecule has 0 N–H and O–H groups in total. The van der Waals surface area contributed by atoms with Gasteiger partial charge < -0.3 is 0 Å². The number of hydrogen-bond donors (Lipinski definition) is 0. The third-order valence-electron chi connectivity index (χ3n) is 1.27. The first kappa shape index (κ1) is 9.49. The van der Waals surface area contributed by atoms with Crippen molar-refractivity contribution in [3.63, 3.8) is 0 Å². The van der Waals surface area contributed by atoms with Gasteiger partial charge in [-0.3, -0.25) is 0 Å². The molecule has 0 nitrogen and oxygen atoms in total. The molecule has 60 valence electrons. The second-order valence-corrected chi connectivity index (χ2v) is 3.87. The topological polar surface area (TPSA) is 0 Å². The van der Waals surface area contributed by atoms with Crippen LogP contribution in [0.2, 0.25) is 0 Å². The first-order valence-corrected chi connectivity index (χ1v) is 4.97. The second-order valence-electron chi connectivity index (χ2n) is 1.96. The fourth-order valence-corrected chi connectivity index (χ4v) is 2.51. The van der Waals surface area contributed by atoms with Crippen LogP contribution < -0.4 is 0 Å². The molecular formula is C7H4Br2ClF. The van der Waals surface area contributed by atoms with Gasteiger partial charge in [-0.25, -0.2) is 4.39 Å². The summed E-state index contributed by atoms with van der Waals surface area (Å²) in [6.07, 6.45) is 0. The van der Waals surface area contributed by atoms with Crippen molar-refractivity contribution >= 4 is 43.5 Å². The lowest BCUT2D eigenvalue weighted by Gasteiger charge is -2.03. The molecule has 0 saturated carbocycles. The highest BCUT2D eigenvalue weighted by Crippen LogP contribution is 2.28. The molecule has 0 bridgehead atoms. The summed E-state index contributed by atoms with van der Waals surface area (Å²) >= 11 is 11.9. The maximum Gasteiger partial charge on any atom is 0.137 e. The van der Waals surface area contributed by atoms with Crippen LogP contribution in [0.25, 0.3) is 0 Å². The molecule has 0 atom stereocenters. The SMILES string of the molecule is Fc1ccc(Br)c(CCl)c1Br. The van der Waals surface area contributed by atoms with Crippen LogP contribution in [0.4, 0.5) is 4.39 Å². The van der Waals surface area contributed by atoms with E-state index in [0.717, 1.165) is 10.0 Å². The molecule has 0 heterocycles. The van der Waals surface area contributed by atoms with Gasteiger partial charge in [0.25, 0.3) is 0 Å². The molecule has 1 rings (SSSR count). The Kier molecular flexibility index (Phi) is 3.34. The van der Waals surface area contributed by atoms with Crippen LogP contribution >= 0.6 is 43.5 Å². The molecule has 0 aliphatic rings. The van der Waals surface area contributed by atoms with Crippen molar-refractivity contribution in [1.29, 1.82) is 0 Å². The van der Waals surface area contributed by atoms with Gasteiger partial charge in [0, 0.05) is 10.4 Å². The lowest BCUT2D eigenvalue weighted by atomic mass is 10.2. The van der Waals surface area contributed by atoms with Crippen LogP contribution in [0.1, 0.15) is 5.56 Å². The zero-order valence-electron chi connectivity index (χ0n) is 5.37. The molecule has 11 heavy (non-hydrogen) atoms. The lowest BCUT2D eigenvalue weighted by Crippen LogP contribution is -1.86. The Morgan fingerprint density at radius 2 is 2.00 bits per heavy atom. The molecule has 0 unspecified atom stereocenters. The summed E-state index contributed by atoms with van der Waals surface area (Å²) in [6, 6.07) is 3.02. The van der Waals surface area contributed by atoms with Crippen molar-refractivity contribution in [2.75, 3.05) is 0 Å². The first-order valence-electron chi connectivity index (χ1n) is 2.85. The summed E-state index contributed by atoms with van der Waals surface area (Å²) < 4.78 is 14.1. The molecule has 0 spiro atoms. The molecule has 0 radical (unpaired) electrons. The third-order valence-corrected chi connectivity index (χ3v) is 3.14. The van der Waals surface area contributed by atoms with E-state index in [9.17, 15) is 4.39 Å². The molecular weight excluding hydrogens is 298 g/mol. The Morgan fingerprint density at radius 1 is 1.36 bits per heavy atom. The highest BCUT2D eigenvalue weighted by atomic mass is 79.9. The van der Waals surface area contributed by atoms with Crippen LogP contribution in [0.5, 0.6) is 0 Å². The van der Waals surface area contributed by atoms with Crippen molar-refractivity contribution in [2.24, 2.45) is 0 Å². The van der Waals surface area contributed by atoms with E-state index >= 15 is 0 Å². The summed E-state index contributed by atoms with van der Waals surface area (Å²) in [4.78, 5) is 0. The molecule has 0 aliphatic heterocycles. The van der Waals surface area contributed by atoms with Crippen molar-refractivity contribution in [2.45, 2.75) is 5.88 Å². The quantitative estimate of drug-likeness (QED) is 0.541. The van der Waals surface area contributed by atoms with Crippen LogP contribution in [-0.4, -0.2) is 0 Å². The lowest BCUT2D eigenvalue weighted by molar-refractivity contribution is 0.619. The maximum absolute atomic E-state index is 12.8. The van der Waals surface area contributed by atoms with Crippen molar-refractivity contribution in [3.05, 3.63) is 32.5 Å². The molecule has 4 heteroatoms. The summed E-state index contributed by atoms with van der Waals surface area (Å²) in [7, 11) is 0. The fraction of sp³-hybridized carbons (Fsp3) is 0.143. The summed E-state index contributed by atoms with van der Waals surface area (Å²) in [5.41, 5.74) is 0.742. The van der Waals surface area contributed by atoms with Gasteiger partial charge in [-0.15, -0.1) is 11.6 Å². The molecule has 0 fully saturated rings. The Labute approximate surface area is 86.0 Å². The van der Waals surface area contributed by atoms with Gasteiger partial charge in [0.05, 0.1) is 4.47 Å². The minimum Gasteiger partial charge on any atom is -0.206 e. The second kappa shape index (κ2) is 3.87. The summed E-state index contributed by atoms with van der Waals surface area (Å²) in [5.74, 6) is 0.00250. The van der Waals surface area contributed by atoms with E-state index in [1.54, 1.807) is 6.07 Å². The van der Waals surface area contributed by atoms with E-state index < -0.39 is 0 Å². The van der Waals surface area contributed by atoms with Crippen LogP contribution in [0.3, 0.4) is 0 Å². The van der Waals surface area contributed by atoms with Crippen LogP contribution in [0, 0.1) is 5.82 Å². The van der Waals surface area contributed by atoms with E-state index in [-0.39, 0.29) is 5.82 Å². The van der Waals surface area contributed by atoms with Crippen molar-refractivity contribution in [3.8, 4) is 0 Å². The Hall–Kier alpha value is 0.400. The zero-order valence-corrected chi connectivity index (χ0v) is 9.30. The maximum atomic E-state index is 12.8. The predicted molar refractivity (Wildman–Crippen MR) is 51.4 cm³/mol. The summed E-state index contributed by atoms with van der Waals surface area (Å²) in [5, 5.41) is 0. The fourth-order valence-electron chi connectivity index (χ4n) is 0.692. The number of benzene rings is 1. The Bertz CT molecular complexity index is 275. The number of rotatable bonds is 1. The van der Waals surface area contributed by atoms with E-state index in [1.807, 2.05) is 0 Å². The molecule has 0 amide bonds. The highest BCUT2D eigenvalue weighted by Gasteiger charge is 2.07. The van der Waals surface area contributed by atoms with Gasteiger partial charge in [0.1, 0.15) is 5.82 Å². The van der Waals surface area contributed by atoms with Crippen molar-refractivity contribution in [1.82, 2.24) is 0 Å². The van der Waals surface area contributed by atoms with E-state index in [2.05, 4.69) is 31.9 Å². The monoisotopic (exact) mass is 300 g/mol. The normalized spacial score (nSPS) is 10.2. The molecule has 0 saturated heterocycles. The average Bonchev–Trinajstić information content (AvgIpc) is 1.99. The molecule has 0 aliphatic carbocycles.